The van der Waals surface area contributed by atoms with Crippen LogP contribution < -0.4 is 10.6 Å². The third-order valence-corrected chi connectivity index (χ3v) is 5.56. The third kappa shape index (κ3) is 5.88. The lowest BCUT2D eigenvalue weighted by Gasteiger charge is -2.22. The third-order valence-electron chi connectivity index (χ3n) is 5.56. The van der Waals surface area contributed by atoms with Crippen molar-refractivity contribution in [1.29, 1.82) is 5.26 Å². The quantitative estimate of drug-likeness (QED) is 0.292. The molecule has 4 aromatic rings. The highest BCUT2D eigenvalue weighted by molar-refractivity contribution is 6.00. The van der Waals surface area contributed by atoms with Gasteiger partial charge in [0.2, 0.25) is 0 Å². The van der Waals surface area contributed by atoms with Gasteiger partial charge in [0.05, 0.1) is 77.6 Å². The molecule has 0 saturated heterocycles. The van der Waals surface area contributed by atoms with Gasteiger partial charge in [0.15, 0.2) is 5.65 Å². The van der Waals surface area contributed by atoms with Crippen molar-refractivity contribution in [3.63, 3.8) is 0 Å². The molecule has 0 radical (unpaired) electrons. The number of rotatable bonds is 10. The summed E-state index contributed by atoms with van der Waals surface area (Å²) in [5, 5.41) is 33.2. The molecule has 1 amide bonds. The summed E-state index contributed by atoms with van der Waals surface area (Å²) in [6.45, 7) is 3.31. The normalized spacial score (nSPS) is 12.3. The fourth-order valence-electron chi connectivity index (χ4n) is 3.42. The van der Waals surface area contributed by atoms with Crippen molar-refractivity contribution in [3.8, 4) is 17.3 Å². The maximum Gasteiger partial charge on any atom is 0.255 e. The van der Waals surface area contributed by atoms with Gasteiger partial charge in [-0.05, 0) is 19.9 Å². The van der Waals surface area contributed by atoms with E-state index in [1.165, 1.54) is 30.8 Å². The van der Waals surface area contributed by atoms with Gasteiger partial charge in [0.25, 0.3) is 5.91 Å². The highest BCUT2D eigenvalue weighted by Gasteiger charge is 2.27. The molecular formula is C24H26FN9O3. The van der Waals surface area contributed by atoms with Crippen molar-refractivity contribution in [2.45, 2.75) is 32.2 Å². The molecule has 3 N–H and O–H groups in total. The van der Waals surface area contributed by atoms with Crippen molar-refractivity contribution in [1.82, 2.24) is 34.7 Å². The number of amides is 1. The first kappa shape index (κ1) is 25.7. The summed E-state index contributed by atoms with van der Waals surface area (Å²) < 4.78 is 22.5. The van der Waals surface area contributed by atoms with Gasteiger partial charge in [0.1, 0.15) is 12.2 Å². The number of fused-ring (bicyclic) bond motifs is 1. The Morgan fingerprint density at radius 3 is 2.78 bits per heavy atom. The average Bonchev–Trinajstić information content (AvgIpc) is 3.51. The van der Waals surface area contributed by atoms with Gasteiger partial charge in [-0.3, -0.25) is 14.5 Å². The monoisotopic (exact) mass is 507 g/mol. The maximum atomic E-state index is 14.2. The smallest absolute Gasteiger partial charge is 0.255 e. The van der Waals surface area contributed by atoms with Crippen LogP contribution in [-0.4, -0.2) is 72.4 Å². The predicted molar refractivity (Wildman–Crippen MR) is 132 cm³/mol. The SMILES string of the molecule is COCCn1cc(Nc2cc(-c3cnn4cc(C#N)cnc34)ncc2C(=O)NC[C@@H](F)C(C)(C)O)cn1. The molecule has 0 aliphatic heterocycles. The Bertz CT molecular complexity index is 1450. The Kier molecular flexibility index (Phi) is 7.42. The number of nitrogens with one attached hydrogen (secondary N) is 2. The lowest BCUT2D eigenvalue weighted by Crippen LogP contribution is -2.42. The lowest BCUT2D eigenvalue weighted by atomic mass is 10.0. The van der Waals surface area contributed by atoms with Crippen LogP contribution in [0.15, 0.2) is 43.2 Å². The van der Waals surface area contributed by atoms with Crippen LogP contribution in [0.1, 0.15) is 29.8 Å². The van der Waals surface area contributed by atoms with Crippen LogP contribution in [0.3, 0.4) is 0 Å². The zero-order valence-electron chi connectivity index (χ0n) is 20.5. The largest absolute Gasteiger partial charge is 0.387 e. The highest BCUT2D eigenvalue weighted by Crippen LogP contribution is 2.28. The molecule has 4 rings (SSSR count). The van der Waals surface area contributed by atoms with Gasteiger partial charge >= 0.3 is 0 Å². The summed E-state index contributed by atoms with van der Waals surface area (Å²) in [5.74, 6) is -0.572. The molecule has 4 heterocycles. The summed E-state index contributed by atoms with van der Waals surface area (Å²) in [6, 6.07) is 3.67. The Balaban J connectivity index is 1.68. The average molecular weight is 508 g/mol. The molecular weight excluding hydrogens is 481 g/mol. The van der Waals surface area contributed by atoms with Gasteiger partial charge < -0.3 is 20.5 Å². The molecule has 0 aliphatic carbocycles. The second kappa shape index (κ2) is 10.7. The molecule has 37 heavy (non-hydrogen) atoms. The van der Waals surface area contributed by atoms with E-state index in [1.54, 1.807) is 42.6 Å². The van der Waals surface area contributed by atoms with E-state index in [-0.39, 0.29) is 12.1 Å². The lowest BCUT2D eigenvalue weighted by molar-refractivity contribution is -0.00177. The molecule has 12 nitrogen and oxygen atoms in total. The minimum absolute atomic E-state index is 0.160. The summed E-state index contributed by atoms with van der Waals surface area (Å²) >= 11 is 0. The molecule has 0 saturated carbocycles. The standard InChI is InChI=1S/C24H26FN9O3/c1-24(2,36)21(25)12-29-23(35)18-10-27-19(17-11-31-34-13-15(7-26)8-28-22(17)34)6-20(18)32-16-9-30-33(14-16)4-5-37-3/h6,8-11,13-14,21,36H,4-5,12H2,1-3H3,(H,27,32)(H,29,35)/t21-/m1/s1. The van der Waals surface area contributed by atoms with E-state index in [1.807, 2.05) is 6.07 Å². The summed E-state index contributed by atoms with van der Waals surface area (Å²) in [7, 11) is 1.60. The van der Waals surface area contributed by atoms with Crippen LogP contribution in [0.25, 0.3) is 16.9 Å². The summed E-state index contributed by atoms with van der Waals surface area (Å²) in [6.07, 6.45) is 7.61. The number of carbonyl (C=O) groups excluding carboxylic acids is 1. The Morgan fingerprint density at radius 1 is 1.24 bits per heavy atom. The zero-order chi connectivity index (χ0) is 26.6. The number of pyridine rings is 1. The molecule has 13 heteroatoms. The van der Waals surface area contributed by atoms with Crippen molar-refractivity contribution >= 4 is 22.9 Å². The van der Waals surface area contributed by atoms with Crippen LogP contribution in [0.4, 0.5) is 15.8 Å². The van der Waals surface area contributed by atoms with E-state index in [2.05, 4.69) is 30.8 Å². The summed E-state index contributed by atoms with van der Waals surface area (Å²) in [4.78, 5) is 21.7. The van der Waals surface area contributed by atoms with Gasteiger partial charge in [-0.15, -0.1) is 0 Å². The number of methoxy groups -OCH3 is 1. The van der Waals surface area contributed by atoms with E-state index in [0.29, 0.717) is 47.0 Å². The van der Waals surface area contributed by atoms with Gasteiger partial charge in [0, 0.05) is 25.7 Å². The predicted octanol–water partition coefficient (Wildman–Crippen LogP) is 2.09. The van der Waals surface area contributed by atoms with E-state index < -0.39 is 17.7 Å². The molecule has 192 valence electrons. The molecule has 0 bridgehead atoms. The van der Waals surface area contributed by atoms with E-state index in [9.17, 15) is 14.3 Å². The van der Waals surface area contributed by atoms with E-state index in [0.717, 1.165) is 0 Å². The van der Waals surface area contributed by atoms with Crippen molar-refractivity contribution in [3.05, 3.63) is 54.4 Å². The zero-order valence-corrected chi connectivity index (χ0v) is 20.5. The fourth-order valence-corrected chi connectivity index (χ4v) is 3.42. The Hall–Kier alpha value is -4.41. The number of aromatic nitrogens is 6. The Labute approximate surface area is 211 Å². The molecule has 0 unspecified atom stereocenters. The molecule has 0 fully saturated rings. The van der Waals surface area contributed by atoms with Crippen LogP contribution >= 0.6 is 0 Å². The van der Waals surface area contributed by atoms with Gasteiger partial charge in [-0.2, -0.15) is 15.5 Å². The van der Waals surface area contributed by atoms with Gasteiger partial charge in [-0.1, -0.05) is 0 Å². The van der Waals surface area contributed by atoms with Crippen LogP contribution in [-0.2, 0) is 11.3 Å². The fraction of sp³-hybridized carbons (Fsp3) is 0.333. The minimum atomic E-state index is -1.66. The van der Waals surface area contributed by atoms with Crippen LogP contribution in [0.2, 0.25) is 0 Å². The van der Waals surface area contributed by atoms with Crippen LogP contribution in [0, 0.1) is 11.3 Å². The number of nitrogens with zero attached hydrogens (tertiary/aromatic N) is 7. The first-order valence-corrected chi connectivity index (χ1v) is 11.4. The number of aliphatic hydroxyl groups is 1. The highest BCUT2D eigenvalue weighted by atomic mass is 19.1. The molecule has 0 aromatic carbocycles. The number of alkyl halides is 1. The molecule has 1 atom stereocenters. The van der Waals surface area contributed by atoms with Crippen LogP contribution in [0.5, 0.6) is 0 Å². The molecule has 0 spiro atoms. The first-order chi connectivity index (χ1) is 17.7. The number of hydrogen-bond acceptors (Lipinski definition) is 9. The number of ether oxygens (including phenoxy) is 1. The molecule has 0 aliphatic rings. The number of halogens is 1. The number of carbonyl (C=O) groups is 1. The van der Waals surface area contributed by atoms with E-state index in [4.69, 9.17) is 10.00 Å². The topological polar surface area (TPSA) is 155 Å². The number of anilines is 2. The van der Waals surface area contributed by atoms with E-state index >= 15 is 0 Å². The number of hydrogen-bond donors (Lipinski definition) is 3. The van der Waals surface area contributed by atoms with Crippen molar-refractivity contribution in [2.24, 2.45) is 0 Å². The Morgan fingerprint density at radius 2 is 2.05 bits per heavy atom. The number of nitriles is 1. The second-order valence-electron chi connectivity index (χ2n) is 8.84. The van der Waals surface area contributed by atoms with Gasteiger partial charge in [-0.25, -0.2) is 13.9 Å². The maximum absolute atomic E-state index is 14.2. The van der Waals surface area contributed by atoms with Crippen molar-refractivity contribution < 1.29 is 19.0 Å². The summed E-state index contributed by atoms with van der Waals surface area (Å²) in [5.41, 5.74) is 1.44. The first-order valence-electron chi connectivity index (χ1n) is 11.4. The molecule has 4 aromatic heterocycles. The second-order valence-corrected chi connectivity index (χ2v) is 8.84. The minimum Gasteiger partial charge on any atom is -0.387 e. The van der Waals surface area contributed by atoms with Crippen molar-refractivity contribution in [2.75, 3.05) is 25.6 Å².